The Kier molecular flexibility index (Phi) is 5.75. The van der Waals surface area contributed by atoms with E-state index in [1.54, 1.807) is 23.4 Å². The van der Waals surface area contributed by atoms with E-state index in [-0.39, 0.29) is 10.8 Å². The molecule has 1 aromatic rings. The average Bonchev–Trinajstić information content (AvgIpc) is 2.78. The summed E-state index contributed by atoms with van der Waals surface area (Å²) in [6, 6.07) is 0. The molecular weight excluding hydrogens is 326 g/mol. The molecule has 0 aliphatic carbocycles. The first-order chi connectivity index (χ1) is 11.2. The summed E-state index contributed by atoms with van der Waals surface area (Å²) in [5.74, 6) is 0.446. The van der Waals surface area contributed by atoms with Crippen LogP contribution in [0.2, 0.25) is 0 Å². The molecule has 1 fully saturated rings. The average molecular weight is 356 g/mol. The van der Waals surface area contributed by atoms with Crippen molar-refractivity contribution < 1.29 is 13.2 Å². The van der Waals surface area contributed by atoms with Gasteiger partial charge in [-0.1, -0.05) is 13.8 Å². The van der Waals surface area contributed by atoms with Crippen molar-refractivity contribution in [1.82, 2.24) is 14.2 Å². The maximum atomic E-state index is 13.1. The molecule has 136 valence electrons. The fourth-order valence-corrected chi connectivity index (χ4v) is 4.82. The van der Waals surface area contributed by atoms with E-state index in [9.17, 15) is 13.2 Å². The van der Waals surface area contributed by atoms with E-state index in [2.05, 4.69) is 11.6 Å². The standard InChI is InChI=1S/C17H29N3O3S/c1-6-9-18-24(22,23)16-14(4)19(5)13(3)15(16)17(21)20-10-7-12(2)8-11-20/h12,18H,6-11H2,1-5H3. The highest BCUT2D eigenvalue weighted by Crippen LogP contribution is 2.29. The number of sulfonamides is 1. The van der Waals surface area contributed by atoms with Crippen molar-refractivity contribution in [3.63, 3.8) is 0 Å². The quantitative estimate of drug-likeness (QED) is 0.880. The zero-order chi connectivity index (χ0) is 18.1. The van der Waals surface area contributed by atoms with Crippen LogP contribution in [0.3, 0.4) is 0 Å². The van der Waals surface area contributed by atoms with Gasteiger partial charge in [0.2, 0.25) is 10.0 Å². The zero-order valence-corrected chi connectivity index (χ0v) is 16.2. The molecule has 0 spiro atoms. The van der Waals surface area contributed by atoms with E-state index < -0.39 is 10.0 Å². The number of likely N-dealkylation sites (tertiary alicyclic amines) is 1. The minimum Gasteiger partial charge on any atom is -0.350 e. The van der Waals surface area contributed by atoms with Gasteiger partial charge >= 0.3 is 0 Å². The van der Waals surface area contributed by atoms with Crippen molar-refractivity contribution in [3.05, 3.63) is 17.0 Å². The molecule has 24 heavy (non-hydrogen) atoms. The van der Waals surface area contributed by atoms with Crippen LogP contribution in [0.25, 0.3) is 0 Å². The Morgan fingerprint density at radius 1 is 1.21 bits per heavy atom. The summed E-state index contributed by atoms with van der Waals surface area (Å²) in [6.07, 6.45) is 2.64. The molecule has 0 saturated carbocycles. The molecule has 1 saturated heterocycles. The summed E-state index contributed by atoms with van der Waals surface area (Å²) in [5, 5.41) is 0. The van der Waals surface area contributed by atoms with Crippen molar-refractivity contribution in [3.8, 4) is 0 Å². The Bertz CT molecular complexity index is 714. The molecule has 0 unspecified atom stereocenters. The lowest BCUT2D eigenvalue weighted by Gasteiger charge is -2.30. The van der Waals surface area contributed by atoms with Crippen LogP contribution >= 0.6 is 0 Å². The van der Waals surface area contributed by atoms with Crippen LogP contribution in [0.4, 0.5) is 0 Å². The third-order valence-electron chi connectivity index (χ3n) is 5.02. The van der Waals surface area contributed by atoms with Crippen molar-refractivity contribution in [2.24, 2.45) is 13.0 Å². The van der Waals surface area contributed by atoms with Gasteiger partial charge < -0.3 is 9.47 Å². The van der Waals surface area contributed by atoms with Gasteiger partial charge in [0.15, 0.2) is 0 Å². The van der Waals surface area contributed by atoms with Crippen LogP contribution in [-0.2, 0) is 17.1 Å². The third-order valence-corrected chi connectivity index (χ3v) is 6.64. The summed E-state index contributed by atoms with van der Waals surface area (Å²) in [7, 11) is -1.89. The number of rotatable bonds is 5. The summed E-state index contributed by atoms with van der Waals surface area (Å²) >= 11 is 0. The van der Waals surface area contributed by atoms with Gasteiger partial charge in [0.25, 0.3) is 5.91 Å². The first-order valence-corrected chi connectivity index (χ1v) is 10.1. The molecule has 6 nitrogen and oxygen atoms in total. The Morgan fingerprint density at radius 3 is 2.33 bits per heavy atom. The van der Waals surface area contributed by atoms with Gasteiger partial charge in [-0.15, -0.1) is 0 Å². The molecule has 2 rings (SSSR count). The second-order valence-corrected chi connectivity index (χ2v) is 8.51. The zero-order valence-electron chi connectivity index (χ0n) is 15.3. The van der Waals surface area contributed by atoms with E-state index in [0.29, 0.717) is 48.9 Å². The number of aromatic nitrogens is 1. The number of hydrogen-bond donors (Lipinski definition) is 1. The Hall–Kier alpha value is -1.34. The van der Waals surface area contributed by atoms with E-state index in [4.69, 9.17) is 0 Å². The first kappa shape index (κ1) is 19.0. The van der Waals surface area contributed by atoms with E-state index in [1.807, 2.05) is 13.8 Å². The maximum absolute atomic E-state index is 13.1. The lowest BCUT2D eigenvalue weighted by Crippen LogP contribution is -2.39. The Morgan fingerprint density at radius 2 is 1.79 bits per heavy atom. The number of amides is 1. The fourth-order valence-electron chi connectivity index (χ4n) is 3.18. The van der Waals surface area contributed by atoms with Crippen molar-refractivity contribution in [2.45, 2.75) is 51.9 Å². The SMILES string of the molecule is CCCNS(=O)(=O)c1c(C(=O)N2CCC(C)CC2)c(C)n(C)c1C. The van der Waals surface area contributed by atoms with Crippen LogP contribution in [0, 0.1) is 19.8 Å². The molecule has 0 atom stereocenters. The summed E-state index contributed by atoms with van der Waals surface area (Å²) in [4.78, 5) is 15.0. The molecule has 1 N–H and O–H groups in total. The lowest BCUT2D eigenvalue weighted by molar-refractivity contribution is 0.0692. The van der Waals surface area contributed by atoms with Crippen LogP contribution in [0.15, 0.2) is 4.90 Å². The highest BCUT2D eigenvalue weighted by Gasteiger charge is 2.33. The van der Waals surface area contributed by atoms with E-state index in [1.165, 1.54) is 0 Å². The molecule has 7 heteroatoms. The highest BCUT2D eigenvalue weighted by atomic mass is 32.2. The van der Waals surface area contributed by atoms with Gasteiger partial charge in [-0.25, -0.2) is 13.1 Å². The summed E-state index contributed by atoms with van der Waals surface area (Å²) in [5.41, 5.74) is 1.63. The van der Waals surface area contributed by atoms with Gasteiger partial charge in [0.05, 0.1) is 5.56 Å². The normalized spacial score (nSPS) is 16.6. The van der Waals surface area contributed by atoms with Crippen molar-refractivity contribution in [1.29, 1.82) is 0 Å². The molecule has 1 aromatic heterocycles. The molecule has 0 radical (unpaired) electrons. The molecule has 1 aliphatic rings. The largest absolute Gasteiger partial charge is 0.350 e. The number of hydrogen-bond acceptors (Lipinski definition) is 3. The number of nitrogens with zero attached hydrogens (tertiary/aromatic N) is 2. The Balaban J connectivity index is 2.46. The molecule has 0 bridgehead atoms. The van der Waals surface area contributed by atoms with Crippen LogP contribution in [0.5, 0.6) is 0 Å². The highest BCUT2D eigenvalue weighted by molar-refractivity contribution is 7.89. The maximum Gasteiger partial charge on any atom is 0.257 e. The number of piperidine rings is 1. The second-order valence-electron chi connectivity index (χ2n) is 6.81. The topological polar surface area (TPSA) is 71.4 Å². The monoisotopic (exact) mass is 355 g/mol. The molecule has 1 amide bonds. The first-order valence-electron chi connectivity index (χ1n) is 8.65. The second kappa shape index (κ2) is 7.27. The smallest absolute Gasteiger partial charge is 0.257 e. The van der Waals surface area contributed by atoms with Gasteiger partial charge in [0, 0.05) is 38.1 Å². The molecule has 0 aromatic carbocycles. The lowest BCUT2D eigenvalue weighted by atomic mass is 9.98. The van der Waals surface area contributed by atoms with Crippen molar-refractivity contribution >= 4 is 15.9 Å². The van der Waals surface area contributed by atoms with Gasteiger partial charge in [-0.05, 0) is 39.0 Å². The molecular formula is C17H29N3O3S. The number of nitrogens with one attached hydrogen (secondary N) is 1. The number of carbonyl (C=O) groups excluding carboxylic acids is 1. The molecule has 2 heterocycles. The van der Waals surface area contributed by atoms with Gasteiger partial charge in [-0.2, -0.15) is 0 Å². The van der Waals surface area contributed by atoms with Crippen molar-refractivity contribution in [2.75, 3.05) is 19.6 Å². The van der Waals surface area contributed by atoms with Crippen LogP contribution in [-0.4, -0.2) is 43.4 Å². The number of carbonyl (C=O) groups is 1. The minimum absolute atomic E-state index is 0.138. The van der Waals surface area contributed by atoms with Crippen LogP contribution in [0.1, 0.15) is 54.9 Å². The Labute approximate surface area is 145 Å². The fraction of sp³-hybridized carbons (Fsp3) is 0.706. The summed E-state index contributed by atoms with van der Waals surface area (Å²) < 4.78 is 29.9. The predicted molar refractivity (Wildman–Crippen MR) is 94.7 cm³/mol. The minimum atomic E-state index is -3.70. The predicted octanol–water partition coefficient (Wildman–Crippen LogP) is 2.20. The summed E-state index contributed by atoms with van der Waals surface area (Å²) in [6.45, 7) is 9.40. The van der Waals surface area contributed by atoms with Gasteiger partial charge in [-0.3, -0.25) is 4.79 Å². The van der Waals surface area contributed by atoms with E-state index >= 15 is 0 Å². The third kappa shape index (κ3) is 3.52. The van der Waals surface area contributed by atoms with Gasteiger partial charge in [0.1, 0.15) is 4.90 Å². The van der Waals surface area contributed by atoms with Crippen LogP contribution < -0.4 is 4.72 Å². The van der Waals surface area contributed by atoms with E-state index in [0.717, 1.165) is 12.8 Å². The molecule has 1 aliphatic heterocycles.